The van der Waals surface area contributed by atoms with Gasteiger partial charge in [0, 0.05) is 24.0 Å². The highest BCUT2D eigenvalue weighted by atomic mass is 32.1. The second-order valence-corrected chi connectivity index (χ2v) is 4.63. The number of aromatic nitrogens is 2. The third kappa shape index (κ3) is 2.81. The van der Waals surface area contributed by atoms with Crippen LogP contribution in [-0.2, 0) is 11.2 Å². The van der Waals surface area contributed by atoms with Crippen LogP contribution >= 0.6 is 11.3 Å². The molecular formula is C13H12N2O2S. The molecule has 0 aliphatic rings. The van der Waals surface area contributed by atoms with Crippen molar-refractivity contribution in [3.05, 3.63) is 41.2 Å². The summed E-state index contributed by atoms with van der Waals surface area (Å²) in [6.45, 7) is 2.00. The summed E-state index contributed by atoms with van der Waals surface area (Å²) in [6.07, 6.45) is 6.97. The van der Waals surface area contributed by atoms with Crippen LogP contribution in [0.25, 0.3) is 16.6 Å². The summed E-state index contributed by atoms with van der Waals surface area (Å²) < 4.78 is 0. The maximum absolute atomic E-state index is 10.5. The van der Waals surface area contributed by atoms with E-state index in [0.717, 1.165) is 33.6 Å². The van der Waals surface area contributed by atoms with E-state index in [1.807, 2.05) is 19.1 Å². The van der Waals surface area contributed by atoms with Crippen molar-refractivity contribution < 1.29 is 9.90 Å². The number of carboxylic acid groups (broad SMARTS) is 1. The van der Waals surface area contributed by atoms with E-state index in [9.17, 15) is 4.79 Å². The second-order valence-electron chi connectivity index (χ2n) is 3.60. The minimum Gasteiger partial charge on any atom is -0.478 e. The molecule has 0 spiro atoms. The second kappa shape index (κ2) is 5.55. The zero-order valence-corrected chi connectivity index (χ0v) is 10.6. The molecule has 18 heavy (non-hydrogen) atoms. The zero-order valence-electron chi connectivity index (χ0n) is 9.83. The van der Waals surface area contributed by atoms with Crippen LogP contribution in [0.5, 0.6) is 0 Å². The van der Waals surface area contributed by atoms with Gasteiger partial charge in [-0.05, 0) is 24.6 Å². The lowest BCUT2D eigenvalue weighted by Crippen LogP contribution is -1.87. The molecule has 0 fully saturated rings. The summed E-state index contributed by atoms with van der Waals surface area (Å²) in [7, 11) is 0. The van der Waals surface area contributed by atoms with Gasteiger partial charge in [-0.25, -0.2) is 9.78 Å². The summed E-state index contributed by atoms with van der Waals surface area (Å²) in [5.74, 6) is -0.951. The molecule has 92 valence electrons. The molecule has 2 aromatic heterocycles. The van der Waals surface area contributed by atoms with Crippen LogP contribution in [0.4, 0.5) is 0 Å². The Bertz CT molecular complexity index is 576. The molecule has 0 aromatic carbocycles. The maximum Gasteiger partial charge on any atom is 0.328 e. The molecule has 0 aliphatic carbocycles. The number of rotatable bonds is 4. The molecule has 0 radical (unpaired) electrons. The number of nitrogens with zero attached hydrogens (tertiary/aromatic N) is 2. The van der Waals surface area contributed by atoms with E-state index in [4.69, 9.17) is 5.11 Å². The third-order valence-electron chi connectivity index (χ3n) is 2.35. The number of thiazole rings is 1. The van der Waals surface area contributed by atoms with Crippen LogP contribution in [0.15, 0.2) is 30.6 Å². The van der Waals surface area contributed by atoms with Gasteiger partial charge in [0.25, 0.3) is 0 Å². The van der Waals surface area contributed by atoms with E-state index in [1.54, 1.807) is 18.5 Å². The predicted molar refractivity (Wildman–Crippen MR) is 71.4 cm³/mol. The van der Waals surface area contributed by atoms with Crippen molar-refractivity contribution in [3.8, 4) is 10.6 Å². The van der Waals surface area contributed by atoms with Crippen molar-refractivity contribution in [1.29, 1.82) is 0 Å². The molecule has 0 saturated heterocycles. The Balaban J connectivity index is 2.38. The van der Waals surface area contributed by atoms with Gasteiger partial charge in [0.15, 0.2) is 0 Å². The Morgan fingerprint density at radius 2 is 2.39 bits per heavy atom. The summed E-state index contributed by atoms with van der Waals surface area (Å²) in [4.78, 5) is 20.0. The molecule has 2 heterocycles. The van der Waals surface area contributed by atoms with Crippen molar-refractivity contribution in [2.45, 2.75) is 13.3 Å². The zero-order chi connectivity index (χ0) is 13.0. The first kappa shape index (κ1) is 12.4. The number of hydrogen-bond acceptors (Lipinski definition) is 4. The van der Waals surface area contributed by atoms with E-state index in [2.05, 4.69) is 9.97 Å². The standard InChI is InChI=1S/C13H12N2O2S/c1-2-10-11(5-6-12(16)17)18-13(15-10)9-4-3-7-14-8-9/h3-8H,2H2,1H3,(H,16,17)/b6-5+. The number of pyridine rings is 1. The number of hydrogen-bond donors (Lipinski definition) is 1. The van der Waals surface area contributed by atoms with Gasteiger partial charge in [0.05, 0.1) is 10.6 Å². The van der Waals surface area contributed by atoms with Gasteiger partial charge in [0.2, 0.25) is 0 Å². The molecule has 2 aromatic rings. The largest absolute Gasteiger partial charge is 0.478 e. The Morgan fingerprint density at radius 3 is 3.00 bits per heavy atom. The predicted octanol–water partition coefficient (Wildman–Crippen LogP) is 2.87. The summed E-state index contributed by atoms with van der Waals surface area (Å²) >= 11 is 1.48. The molecule has 0 saturated carbocycles. The number of aryl methyl sites for hydroxylation is 1. The molecule has 0 unspecified atom stereocenters. The summed E-state index contributed by atoms with van der Waals surface area (Å²) in [5, 5.41) is 9.52. The Hall–Kier alpha value is -2.01. The van der Waals surface area contributed by atoms with Crippen molar-refractivity contribution in [2.75, 3.05) is 0 Å². The van der Waals surface area contributed by atoms with Crippen molar-refractivity contribution in [3.63, 3.8) is 0 Å². The van der Waals surface area contributed by atoms with Gasteiger partial charge in [-0.15, -0.1) is 11.3 Å². The SMILES string of the molecule is CCc1nc(-c2cccnc2)sc1/C=C/C(=O)O. The van der Waals surface area contributed by atoms with Crippen LogP contribution in [0.3, 0.4) is 0 Å². The minimum atomic E-state index is -0.951. The number of carboxylic acids is 1. The first-order valence-corrected chi connectivity index (χ1v) is 6.33. The molecule has 2 rings (SSSR count). The van der Waals surface area contributed by atoms with Crippen LogP contribution in [-0.4, -0.2) is 21.0 Å². The fraction of sp³-hybridized carbons (Fsp3) is 0.154. The smallest absolute Gasteiger partial charge is 0.328 e. The highest BCUT2D eigenvalue weighted by Gasteiger charge is 2.09. The Kier molecular flexibility index (Phi) is 3.84. The average molecular weight is 260 g/mol. The molecular weight excluding hydrogens is 248 g/mol. The van der Waals surface area contributed by atoms with E-state index in [0.29, 0.717) is 0 Å². The topological polar surface area (TPSA) is 63.1 Å². The van der Waals surface area contributed by atoms with Crippen molar-refractivity contribution >= 4 is 23.4 Å². The van der Waals surface area contributed by atoms with Crippen LogP contribution in [0.2, 0.25) is 0 Å². The number of carbonyl (C=O) groups is 1. The lowest BCUT2D eigenvalue weighted by molar-refractivity contribution is -0.131. The first-order chi connectivity index (χ1) is 8.70. The lowest BCUT2D eigenvalue weighted by Gasteiger charge is -1.92. The van der Waals surface area contributed by atoms with Gasteiger partial charge in [-0.2, -0.15) is 0 Å². The van der Waals surface area contributed by atoms with Gasteiger partial charge in [-0.3, -0.25) is 4.98 Å². The Labute approximate surface area is 109 Å². The van der Waals surface area contributed by atoms with Crippen molar-refractivity contribution in [1.82, 2.24) is 9.97 Å². The molecule has 0 atom stereocenters. The number of aliphatic carboxylic acids is 1. The quantitative estimate of drug-likeness (QED) is 0.858. The van der Waals surface area contributed by atoms with Crippen LogP contribution in [0.1, 0.15) is 17.5 Å². The monoisotopic (exact) mass is 260 g/mol. The molecule has 0 bridgehead atoms. The van der Waals surface area contributed by atoms with Gasteiger partial charge in [0.1, 0.15) is 5.01 Å². The first-order valence-electron chi connectivity index (χ1n) is 5.51. The van der Waals surface area contributed by atoms with Crippen LogP contribution < -0.4 is 0 Å². The molecule has 4 nitrogen and oxygen atoms in total. The average Bonchev–Trinajstić information content (AvgIpc) is 2.80. The maximum atomic E-state index is 10.5. The van der Waals surface area contributed by atoms with E-state index in [1.165, 1.54) is 11.3 Å². The highest BCUT2D eigenvalue weighted by Crippen LogP contribution is 2.28. The molecule has 1 N–H and O–H groups in total. The normalized spacial score (nSPS) is 10.9. The fourth-order valence-corrected chi connectivity index (χ4v) is 2.55. The minimum absolute atomic E-state index is 0.774. The van der Waals surface area contributed by atoms with Gasteiger partial charge < -0.3 is 5.11 Å². The van der Waals surface area contributed by atoms with Crippen molar-refractivity contribution in [2.24, 2.45) is 0 Å². The summed E-state index contributed by atoms with van der Waals surface area (Å²) in [5.41, 5.74) is 1.86. The van der Waals surface area contributed by atoms with Gasteiger partial charge >= 0.3 is 5.97 Å². The van der Waals surface area contributed by atoms with E-state index >= 15 is 0 Å². The van der Waals surface area contributed by atoms with E-state index in [-0.39, 0.29) is 0 Å². The van der Waals surface area contributed by atoms with Gasteiger partial charge in [-0.1, -0.05) is 6.92 Å². The Morgan fingerprint density at radius 1 is 1.56 bits per heavy atom. The summed E-state index contributed by atoms with van der Waals surface area (Å²) in [6, 6.07) is 3.80. The van der Waals surface area contributed by atoms with E-state index < -0.39 is 5.97 Å². The molecule has 5 heteroatoms. The highest BCUT2D eigenvalue weighted by molar-refractivity contribution is 7.16. The lowest BCUT2D eigenvalue weighted by atomic mass is 10.2. The molecule has 0 aliphatic heterocycles. The van der Waals surface area contributed by atoms with Crippen LogP contribution in [0, 0.1) is 0 Å². The third-order valence-corrected chi connectivity index (χ3v) is 3.46. The fourth-order valence-electron chi connectivity index (χ4n) is 1.51. The molecule has 0 amide bonds.